The van der Waals surface area contributed by atoms with Crippen LogP contribution < -0.4 is 10.6 Å². The maximum atomic E-state index is 12.2. The Kier molecular flexibility index (Phi) is 6.09. The summed E-state index contributed by atoms with van der Waals surface area (Å²) >= 11 is 0. The molecule has 1 aliphatic heterocycles. The summed E-state index contributed by atoms with van der Waals surface area (Å²) in [6, 6.07) is 0.0665. The lowest BCUT2D eigenvalue weighted by molar-refractivity contribution is -0.129. The summed E-state index contributed by atoms with van der Waals surface area (Å²) in [6.07, 6.45) is 3.20. The number of piperidine rings is 1. The molecule has 1 rings (SSSR count). The average molecular weight is 256 g/mol. The number of nitrogens with one attached hydrogen (secondary N) is 2. The number of carbonyl (C=O) groups is 1. The van der Waals surface area contributed by atoms with Crippen LogP contribution in [0.25, 0.3) is 0 Å². The van der Waals surface area contributed by atoms with E-state index in [4.69, 9.17) is 4.74 Å². The molecule has 2 atom stereocenters. The number of hydrogen-bond donors (Lipinski definition) is 2. The minimum Gasteiger partial charge on any atom is -0.379 e. The molecule has 1 heterocycles. The van der Waals surface area contributed by atoms with Crippen LogP contribution in [0.5, 0.6) is 0 Å². The van der Waals surface area contributed by atoms with Crippen molar-refractivity contribution in [1.29, 1.82) is 0 Å². The van der Waals surface area contributed by atoms with Gasteiger partial charge in [-0.1, -0.05) is 13.8 Å². The largest absolute Gasteiger partial charge is 0.379 e. The molecule has 1 aliphatic rings. The van der Waals surface area contributed by atoms with E-state index in [9.17, 15) is 4.79 Å². The Hall–Kier alpha value is -0.610. The molecule has 0 unspecified atom stereocenters. The predicted molar refractivity (Wildman–Crippen MR) is 73.5 cm³/mol. The second-order valence-corrected chi connectivity index (χ2v) is 6.02. The van der Waals surface area contributed by atoms with Crippen molar-refractivity contribution in [2.45, 2.75) is 58.5 Å². The molecule has 1 fully saturated rings. The smallest absolute Gasteiger partial charge is 0.240 e. The van der Waals surface area contributed by atoms with Crippen molar-refractivity contribution in [3.63, 3.8) is 0 Å². The summed E-state index contributed by atoms with van der Waals surface area (Å²) in [4.78, 5) is 12.2. The number of carbonyl (C=O) groups excluding carboxylic acids is 1. The summed E-state index contributed by atoms with van der Waals surface area (Å²) in [5.74, 6) is 0.633. The first-order valence-electron chi connectivity index (χ1n) is 7.08. The van der Waals surface area contributed by atoms with Gasteiger partial charge in [-0.15, -0.1) is 0 Å². The monoisotopic (exact) mass is 256 g/mol. The zero-order valence-corrected chi connectivity index (χ0v) is 12.2. The van der Waals surface area contributed by atoms with Crippen molar-refractivity contribution in [3.05, 3.63) is 0 Å². The van der Waals surface area contributed by atoms with E-state index in [0.29, 0.717) is 12.5 Å². The SMILES string of the molecule is CC(C)COC[C@H](C)NC(=O)[C@@]1(C)CCCCN1. The Bertz CT molecular complexity index is 261. The highest BCUT2D eigenvalue weighted by atomic mass is 16.5. The predicted octanol–water partition coefficient (Wildman–Crippen LogP) is 1.70. The number of hydrogen-bond acceptors (Lipinski definition) is 3. The summed E-state index contributed by atoms with van der Waals surface area (Å²) in [6.45, 7) is 10.5. The van der Waals surface area contributed by atoms with Crippen LogP contribution in [0.3, 0.4) is 0 Å². The first kappa shape index (κ1) is 15.4. The number of ether oxygens (including phenoxy) is 1. The Morgan fingerprint density at radius 3 is 2.61 bits per heavy atom. The van der Waals surface area contributed by atoms with E-state index in [2.05, 4.69) is 24.5 Å². The lowest BCUT2D eigenvalue weighted by Gasteiger charge is -2.34. The fraction of sp³-hybridized carbons (Fsp3) is 0.929. The van der Waals surface area contributed by atoms with Crippen LogP contribution in [-0.2, 0) is 9.53 Å². The van der Waals surface area contributed by atoms with Gasteiger partial charge in [-0.05, 0) is 45.6 Å². The fourth-order valence-corrected chi connectivity index (χ4v) is 2.16. The molecule has 0 aromatic carbocycles. The Balaban J connectivity index is 2.29. The van der Waals surface area contributed by atoms with Gasteiger partial charge in [-0.3, -0.25) is 4.79 Å². The van der Waals surface area contributed by atoms with Crippen molar-refractivity contribution >= 4 is 5.91 Å². The zero-order valence-electron chi connectivity index (χ0n) is 12.2. The molecular weight excluding hydrogens is 228 g/mol. The standard InChI is InChI=1S/C14H28N2O2/c1-11(2)9-18-10-12(3)16-13(17)14(4)7-5-6-8-15-14/h11-12,15H,5-10H2,1-4H3,(H,16,17)/t12-,14+/m0/s1. The van der Waals surface area contributed by atoms with Crippen molar-refractivity contribution in [3.8, 4) is 0 Å². The van der Waals surface area contributed by atoms with Crippen LogP contribution in [0.15, 0.2) is 0 Å². The third-order valence-electron chi connectivity index (χ3n) is 3.32. The van der Waals surface area contributed by atoms with Gasteiger partial charge in [0.25, 0.3) is 0 Å². The summed E-state index contributed by atoms with van der Waals surface area (Å²) < 4.78 is 5.54. The molecule has 0 radical (unpaired) electrons. The minimum atomic E-state index is -0.398. The van der Waals surface area contributed by atoms with Gasteiger partial charge < -0.3 is 15.4 Å². The van der Waals surface area contributed by atoms with Crippen molar-refractivity contribution in [1.82, 2.24) is 10.6 Å². The van der Waals surface area contributed by atoms with Gasteiger partial charge in [0, 0.05) is 12.6 Å². The average Bonchev–Trinajstić information content (AvgIpc) is 2.29. The van der Waals surface area contributed by atoms with E-state index in [1.807, 2.05) is 13.8 Å². The molecule has 2 N–H and O–H groups in total. The van der Waals surface area contributed by atoms with Crippen LogP contribution in [-0.4, -0.2) is 37.2 Å². The molecule has 0 bridgehead atoms. The molecule has 0 spiro atoms. The normalized spacial score (nSPS) is 26.1. The molecule has 0 aromatic rings. The summed E-state index contributed by atoms with van der Waals surface area (Å²) in [5.41, 5.74) is -0.398. The van der Waals surface area contributed by atoms with Gasteiger partial charge >= 0.3 is 0 Å². The second kappa shape index (κ2) is 7.10. The van der Waals surface area contributed by atoms with E-state index in [0.717, 1.165) is 32.4 Å². The fourth-order valence-electron chi connectivity index (χ4n) is 2.16. The van der Waals surface area contributed by atoms with E-state index in [1.165, 1.54) is 0 Å². The van der Waals surface area contributed by atoms with E-state index in [-0.39, 0.29) is 11.9 Å². The van der Waals surface area contributed by atoms with Crippen molar-refractivity contribution in [2.24, 2.45) is 5.92 Å². The minimum absolute atomic E-state index is 0.0665. The van der Waals surface area contributed by atoms with Crippen molar-refractivity contribution in [2.75, 3.05) is 19.8 Å². The highest BCUT2D eigenvalue weighted by molar-refractivity contribution is 5.86. The van der Waals surface area contributed by atoms with Crippen LogP contribution in [0.2, 0.25) is 0 Å². The highest BCUT2D eigenvalue weighted by Gasteiger charge is 2.34. The maximum absolute atomic E-state index is 12.2. The van der Waals surface area contributed by atoms with Gasteiger partial charge in [0.1, 0.15) is 0 Å². The summed E-state index contributed by atoms with van der Waals surface area (Å²) in [5, 5.41) is 6.36. The topological polar surface area (TPSA) is 50.4 Å². The van der Waals surface area contributed by atoms with E-state index in [1.54, 1.807) is 0 Å². The first-order valence-corrected chi connectivity index (χ1v) is 7.08. The molecule has 1 saturated heterocycles. The number of rotatable bonds is 6. The maximum Gasteiger partial charge on any atom is 0.240 e. The Morgan fingerprint density at radius 2 is 2.06 bits per heavy atom. The lowest BCUT2D eigenvalue weighted by atomic mass is 9.90. The third kappa shape index (κ3) is 4.94. The molecule has 0 aliphatic carbocycles. The molecule has 0 saturated carbocycles. The van der Waals surface area contributed by atoms with Gasteiger partial charge in [-0.25, -0.2) is 0 Å². The quantitative estimate of drug-likeness (QED) is 0.760. The molecule has 0 aromatic heterocycles. The lowest BCUT2D eigenvalue weighted by Crippen LogP contribution is -2.58. The Morgan fingerprint density at radius 1 is 1.33 bits per heavy atom. The first-order chi connectivity index (χ1) is 8.44. The van der Waals surface area contributed by atoms with Crippen LogP contribution in [0, 0.1) is 5.92 Å². The van der Waals surface area contributed by atoms with Crippen molar-refractivity contribution < 1.29 is 9.53 Å². The molecule has 18 heavy (non-hydrogen) atoms. The molecule has 106 valence electrons. The second-order valence-electron chi connectivity index (χ2n) is 6.02. The van der Waals surface area contributed by atoms with Gasteiger partial charge in [0.15, 0.2) is 0 Å². The molecular formula is C14H28N2O2. The molecule has 4 nitrogen and oxygen atoms in total. The third-order valence-corrected chi connectivity index (χ3v) is 3.32. The van der Waals surface area contributed by atoms with Gasteiger partial charge in [-0.2, -0.15) is 0 Å². The van der Waals surface area contributed by atoms with Crippen LogP contribution in [0.4, 0.5) is 0 Å². The highest BCUT2D eigenvalue weighted by Crippen LogP contribution is 2.18. The zero-order chi connectivity index (χ0) is 13.6. The molecule has 1 amide bonds. The van der Waals surface area contributed by atoms with E-state index >= 15 is 0 Å². The van der Waals surface area contributed by atoms with Crippen LogP contribution in [0.1, 0.15) is 47.0 Å². The van der Waals surface area contributed by atoms with Crippen LogP contribution >= 0.6 is 0 Å². The number of amides is 1. The Labute approximate surface area is 111 Å². The van der Waals surface area contributed by atoms with E-state index < -0.39 is 5.54 Å². The summed E-state index contributed by atoms with van der Waals surface area (Å²) in [7, 11) is 0. The van der Waals surface area contributed by atoms with Gasteiger partial charge in [0.2, 0.25) is 5.91 Å². The van der Waals surface area contributed by atoms with Gasteiger partial charge in [0.05, 0.1) is 12.1 Å². The molecule has 4 heteroatoms.